The Morgan fingerprint density at radius 1 is 1.47 bits per heavy atom. The van der Waals surface area contributed by atoms with Crippen LogP contribution in [0.1, 0.15) is 13.8 Å². The maximum Gasteiger partial charge on any atom is 0.233 e. The number of hydrogen-bond donors (Lipinski definition) is 1. The van der Waals surface area contributed by atoms with Crippen LogP contribution in [0.4, 0.5) is 5.82 Å². The van der Waals surface area contributed by atoms with Crippen LogP contribution in [0.2, 0.25) is 0 Å². The highest BCUT2D eigenvalue weighted by Gasteiger charge is 2.31. The molecule has 0 atom stereocenters. The van der Waals surface area contributed by atoms with Gasteiger partial charge in [0.25, 0.3) is 0 Å². The molecule has 0 fully saturated rings. The smallest absolute Gasteiger partial charge is 0.233 e. The van der Waals surface area contributed by atoms with Gasteiger partial charge in [-0.15, -0.1) is 0 Å². The van der Waals surface area contributed by atoms with Gasteiger partial charge in [-0.1, -0.05) is 17.7 Å². The normalized spacial score (nSPS) is 12.9. The van der Waals surface area contributed by atoms with Crippen molar-refractivity contribution in [2.24, 2.45) is 5.73 Å². The lowest BCUT2D eigenvalue weighted by Gasteiger charge is -2.33. The standard InChI is InChI=1S/C11H17ClN3/c1-3-15(4-2,10(13)9-12)11-7-5-6-8-14-11/h5-9H,3-4,13H2,1-2H3/q+1/b10-9+. The minimum atomic E-state index is 0.504. The van der Waals surface area contributed by atoms with E-state index in [0.717, 1.165) is 18.9 Å². The second kappa shape index (κ2) is 5.14. The molecule has 15 heavy (non-hydrogen) atoms. The molecule has 0 unspecified atom stereocenters. The van der Waals surface area contributed by atoms with Gasteiger partial charge in [0.2, 0.25) is 11.6 Å². The van der Waals surface area contributed by atoms with Gasteiger partial charge in [0.05, 0.1) is 18.6 Å². The number of nitrogens with zero attached hydrogens (tertiary/aromatic N) is 2. The molecule has 1 aromatic heterocycles. The maximum atomic E-state index is 5.97. The Morgan fingerprint density at radius 3 is 2.53 bits per heavy atom. The van der Waals surface area contributed by atoms with Gasteiger partial charge in [-0.25, -0.2) is 9.47 Å². The Kier molecular flexibility index (Phi) is 4.12. The molecule has 1 heterocycles. The molecule has 1 rings (SSSR count). The van der Waals surface area contributed by atoms with Crippen molar-refractivity contribution in [1.82, 2.24) is 9.47 Å². The zero-order valence-corrected chi connectivity index (χ0v) is 9.91. The summed E-state index contributed by atoms with van der Waals surface area (Å²) in [5, 5.41) is 0. The van der Waals surface area contributed by atoms with Crippen molar-refractivity contribution in [3.05, 3.63) is 35.8 Å². The third-order valence-corrected chi connectivity index (χ3v) is 3.00. The summed E-state index contributed by atoms with van der Waals surface area (Å²) in [4.78, 5) is 4.35. The fourth-order valence-corrected chi connectivity index (χ4v) is 1.93. The fourth-order valence-electron chi connectivity index (χ4n) is 1.75. The monoisotopic (exact) mass is 226 g/mol. The molecule has 0 radical (unpaired) electrons. The lowest BCUT2D eigenvalue weighted by Crippen LogP contribution is -2.51. The molecule has 0 spiro atoms. The van der Waals surface area contributed by atoms with Crippen LogP contribution in [-0.2, 0) is 0 Å². The number of hydrogen-bond acceptors (Lipinski definition) is 2. The maximum absolute atomic E-state index is 5.97. The SMILES string of the molecule is CC[N+](CC)(/C(N)=C/Cl)c1ccccn1. The Morgan fingerprint density at radius 2 is 2.13 bits per heavy atom. The second-order valence-corrected chi connectivity index (χ2v) is 3.54. The summed E-state index contributed by atoms with van der Waals surface area (Å²) in [6.45, 7) is 5.82. The summed E-state index contributed by atoms with van der Waals surface area (Å²) in [6.07, 6.45) is 1.77. The van der Waals surface area contributed by atoms with Crippen LogP contribution in [0.3, 0.4) is 0 Å². The van der Waals surface area contributed by atoms with Crippen LogP contribution in [0.25, 0.3) is 0 Å². The summed E-state index contributed by atoms with van der Waals surface area (Å²) >= 11 is 5.71. The van der Waals surface area contributed by atoms with Crippen molar-refractivity contribution < 1.29 is 0 Å². The van der Waals surface area contributed by atoms with Gasteiger partial charge in [0, 0.05) is 12.3 Å². The molecule has 0 bridgehead atoms. The van der Waals surface area contributed by atoms with E-state index in [1.165, 1.54) is 5.54 Å². The third-order valence-electron chi connectivity index (χ3n) is 2.77. The first-order chi connectivity index (χ1) is 7.21. The molecule has 0 aliphatic heterocycles. The molecular weight excluding hydrogens is 210 g/mol. The summed E-state index contributed by atoms with van der Waals surface area (Å²) in [6, 6.07) is 5.83. The van der Waals surface area contributed by atoms with E-state index in [-0.39, 0.29) is 0 Å². The largest absolute Gasteiger partial charge is 0.354 e. The first kappa shape index (κ1) is 12.0. The van der Waals surface area contributed by atoms with Gasteiger partial charge >= 0.3 is 0 Å². The minimum Gasteiger partial charge on any atom is -0.354 e. The predicted molar refractivity (Wildman–Crippen MR) is 65.2 cm³/mol. The highest BCUT2D eigenvalue weighted by molar-refractivity contribution is 6.25. The zero-order chi connectivity index (χ0) is 11.3. The van der Waals surface area contributed by atoms with E-state index in [1.54, 1.807) is 6.20 Å². The molecule has 2 N–H and O–H groups in total. The van der Waals surface area contributed by atoms with Crippen molar-refractivity contribution >= 4 is 17.4 Å². The van der Waals surface area contributed by atoms with E-state index in [9.17, 15) is 0 Å². The molecule has 3 nitrogen and oxygen atoms in total. The molecule has 0 amide bonds. The van der Waals surface area contributed by atoms with Crippen molar-refractivity contribution in [2.45, 2.75) is 13.8 Å². The van der Waals surface area contributed by atoms with Crippen molar-refractivity contribution in [2.75, 3.05) is 13.1 Å². The number of nitrogens with two attached hydrogens (primary N) is 1. The molecule has 0 aliphatic rings. The number of aromatic nitrogens is 1. The van der Waals surface area contributed by atoms with E-state index in [2.05, 4.69) is 18.8 Å². The fraction of sp³-hybridized carbons (Fsp3) is 0.364. The van der Waals surface area contributed by atoms with Gasteiger partial charge in [-0.3, -0.25) is 0 Å². The number of rotatable bonds is 4. The molecule has 0 saturated carbocycles. The van der Waals surface area contributed by atoms with Crippen LogP contribution >= 0.6 is 11.6 Å². The lowest BCUT2D eigenvalue weighted by molar-refractivity contribution is 0.361. The summed E-state index contributed by atoms with van der Waals surface area (Å²) in [7, 11) is 0. The van der Waals surface area contributed by atoms with Crippen molar-refractivity contribution in [1.29, 1.82) is 0 Å². The van der Waals surface area contributed by atoms with Gasteiger partial charge in [0.15, 0.2) is 0 Å². The van der Waals surface area contributed by atoms with Gasteiger partial charge in [0.1, 0.15) is 0 Å². The molecule has 0 saturated heterocycles. The summed E-state index contributed by atoms with van der Waals surface area (Å²) in [5.41, 5.74) is 7.40. The molecule has 0 aliphatic carbocycles. The van der Waals surface area contributed by atoms with Crippen molar-refractivity contribution in [3.8, 4) is 0 Å². The van der Waals surface area contributed by atoms with Gasteiger partial charge in [-0.05, 0) is 19.9 Å². The minimum absolute atomic E-state index is 0.504. The highest BCUT2D eigenvalue weighted by Crippen LogP contribution is 2.23. The second-order valence-electron chi connectivity index (χ2n) is 3.32. The number of halogens is 1. The van der Waals surface area contributed by atoms with E-state index >= 15 is 0 Å². The summed E-state index contributed by atoms with van der Waals surface area (Å²) < 4.78 is 0.504. The Labute approximate surface area is 95.8 Å². The molecule has 4 heteroatoms. The van der Waals surface area contributed by atoms with Crippen LogP contribution in [-0.4, -0.2) is 18.1 Å². The Hall–Kier alpha value is -1.06. The number of quaternary nitrogens is 1. The molecule has 1 aromatic rings. The number of pyridine rings is 1. The average molecular weight is 227 g/mol. The van der Waals surface area contributed by atoms with Crippen LogP contribution in [0, 0.1) is 0 Å². The summed E-state index contributed by atoms with van der Waals surface area (Å²) in [5.74, 6) is 1.55. The highest BCUT2D eigenvalue weighted by atomic mass is 35.5. The first-order valence-electron chi connectivity index (χ1n) is 5.06. The van der Waals surface area contributed by atoms with Gasteiger partial charge in [-0.2, -0.15) is 0 Å². The van der Waals surface area contributed by atoms with E-state index in [4.69, 9.17) is 17.3 Å². The average Bonchev–Trinajstić information content (AvgIpc) is 2.32. The van der Waals surface area contributed by atoms with Crippen molar-refractivity contribution in [3.63, 3.8) is 0 Å². The van der Waals surface area contributed by atoms with Crippen LogP contribution in [0.5, 0.6) is 0 Å². The zero-order valence-electron chi connectivity index (χ0n) is 9.15. The molecule has 0 aromatic carbocycles. The van der Waals surface area contributed by atoms with E-state index in [0.29, 0.717) is 10.3 Å². The quantitative estimate of drug-likeness (QED) is 0.801. The van der Waals surface area contributed by atoms with Gasteiger partial charge < -0.3 is 5.73 Å². The molecular formula is C11H17ClN3+. The third kappa shape index (κ3) is 2.13. The van der Waals surface area contributed by atoms with E-state index in [1.807, 2.05) is 18.2 Å². The predicted octanol–water partition coefficient (Wildman–Crippen LogP) is 2.43. The van der Waals surface area contributed by atoms with Crippen LogP contribution in [0.15, 0.2) is 35.8 Å². The first-order valence-corrected chi connectivity index (χ1v) is 5.50. The lowest BCUT2D eigenvalue weighted by atomic mass is 10.3. The Bertz CT molecular complexity index is 331. The van der Waals surface area contributed by atoms with Crippen LogP contribution < -0.4 is 10.2 Å². The Balaban J connectivity index is 3.23. The molecule has 82 valence electrons. The van der Waals surface area contributed by atoms with E-state index < -0.39 is 0 Å². The topological polar surface area (TPSA) is 38.9 Å².